The predicted octanol–water partition coefficient (Wildman–Crippen LogP) is 2.26. The third kappa shape index (κ3) is 4.26. The van der Waals surface area contributed by atoms with Crippen molar-refractivity contribution in [3.05, 3.63) is 18.5 Å². The molecule has 1 aromatic heterocycles. The Balaban J connectivity index is 0.00000225. The summed E-state index contributed by atoms with van der Waals surface area (Å²) in [5.74, 6) is 0.845. The number of rotatable bonds is 3. The van der Waals surface area contributed by atoms with Gasteiger partial charge >= 0.3 is 6.18 Å². The molecule has 1 aromatic rings. The second-order valence-electron chi connectivity index (χ2n) is 6.33. The van der Waals surface area contributed by atoms with Gasteiger partial charge in [-0.25, -0.2) is 9.97 Å². The monoisotopic (exact) mass is 470 g/mol. The van der Waals surface area contributed by atoms with Crippen LogP contribution in [0.2, 0.25) is 0 Å². The van der Waals surface area contributed by atoms with Crippen molar-refractivity contribution >= 4 is 35.9 Å². The maximum Gasteiger partial charge on any atom is 0.396 e. The summed E-state index contributed by atoms with van der Waals surface area (Å²) in [4.78, 5) is 16.3. The molecule has 6 nitrogen and oxygen atoms in total. The zero-order valence-electron chi connectivity index (χ0n) is 13.7. The van der Waals surface area contributed by atoms with Gasteiger partial charge in [0.15, 0.2) is 5.96 Å². The van der Waals surface area contributed by atoms with Gasteiger partial charge < -0.3 is 15.5 Å². The third-order valence-corrected chi connectivity index (χ3v) is 4.89. The average Bonchev–Trinajstić information content (AvgIpc) is 2.53. The smallest absolute Gasteiger partial charge is 0.370 e. The summed E-state index contributed by atoms with van der Waals surface area (Å²) >= 11 is 0. The van der Waals surface area contributed by atoms with E-state index in [1.165, 1.54) is 0 Å². The number of guanidine groups is 1. The Labute approximate surface area is 161 Å². The van der Waals surface area contributed by atoms with Crippen molar-refractivity contribution in [2.75, 3.05) is 37.6 Å². The van der Waals surface area contributed by atoms with E-state index in [1.807, 2.05) is 9.80 Å². The summed E-state index contributed by atoms with van der Waals surface area (Å²) in [5, 5.41) is 0. The van der Waals surface area contributed by atoms with Gasteiger partial charge in [-0.15, -0.1) is 24.0 Å². The van der Waals surface area contributed by atoms with E-state index in [4.69, 9.17) is 5.73 Å². The largest absolute Gasteiger partial charge is 0.396 e. The molecule has 0 aromatic carbocycles. The molecule has 2 heterocycles. The summed E-state index contributed by atoms with van der Waals surface area (Å²) in [6, 6.07) is 1.75. The predicted molar refractivity (Wildman–Crippen MR) is 100 cm³/mol. The van der Waals surface area contributed by atoms with Gasteiger partial charge in [0.2, 0.25) is 5.95 Å². The van der Waals surface area contributed by atoms with Crippen LogP contribution >= 0.6 is 24.0 Å². The quantitative estimate of drug-likeness (QED) is 0.417. The number of piperazine rings is 1. The van der Waals surface area contributed by atoms with Gasteiger partial charge in [0, 0.05) is 38.6 Å². The first kappa shape index (κ1) is 20.0. The standard InChI is InChI=1S/C15H21F3N6.HI/c16-15(17,18)14(3-1-4-14)11-22-12(19)23-7-9-24(10-8-23)13-20-5-2-6-21-13;/h2,5-6H,1,3-4,7-11H2,(H2,19,22);1H. The molecule has 2 N–H and O–H groups in total. The molecular weight excluding hydrogens is 448 g/mol. The minimum absolute atomic E-state index is 0. The SMILES string of the molecule is I.NC(=NCC1(C(F)(F)F)CCC1)N1CCN(c2ncccn2)CC1. The minimum atomic E-state index is -4.21. The lowest BCUT2D eigenvalue weighted by Crippen LogP contribution is -2.52. The van der Waals surface area contributed by atoms with E-state index in [2.05, 4.69) is 15.0 Å². The first-order valence-electron chi connectivity index (χ1n) is 8.05. The average molecular weight is 470 g/mol. The number of nitrogens with two attached hydrogens (primary N) is 1. The van der Waals surface area contributed by atoms with E-state index in [0.29, 0.717) is 38.5 Å². The summed E-state index contributed by atoms with van der Waals surface area (Å²) in [7, 11) is 0. The van der Waals surface area contributed by atoms with E-state index in [9.17, 15) is 13.2 Å². The van der Waals surface area contributed by atoms with Crippen LogP contribution in [0.3, 0.4) is 0 Å². The van der Waals surface area contributed by atoms with E-state index in [1.54, 1.807) is 18.5 Å². The number of aromatic nitrogens is 2. The maximum absolute atomic E-state index is 13.1. The Bertz CT molecular complexity index is 583. The number of halogens is 4. The van der Waals surface area contributed by atoms with Gasteiger partial charge in [0.05, 0.1) is 12.0 Å². The number of hydrogen-bond donors (Lipinski definition) is 1. The molecule has 0 radical (unpaired) electrons. The number of anilines is 1. The number of nitrogens with zero attached hydrogens (tertiary/aromatic N) is 5. The zero-order chi connectivity index (χ0) is 17.2. The lowest BCUT2D eigenvalue weighted by Gasteiger charge is -2.42. The molecule has 0 atom stereocenters. The van der Waals surface area contributed by atoms with Gasteiger partial charge in [0.1, 0.15) is 0 Å². The zero-order valence-corrected chi connectivity index (χ0v) is 16.1. The van der Waals surface area contributed by atoms with Crippen molar-refractivity contribution in [3.8, 4) is 0 Å². The molecule has 1 aliphatic heterocycles. The van der Waals surface area contributed by atoms with E-state index in [-0.39, 0.29) is 49.3 Å². The second-order valence-corrected chi connectivity index (χ2v) is 6.33. The molecular formula is C15H22F3IN6. The molecule has 1 saturated carbocycles. The van der Waals surface area contributed by atoms with E-state index < -0.39 is 11.6 Å². The highest BCUT2D eigenvalue weighted by molar-refractivity contribution is 14.0. The van der Waals surface area contributed by atoms with Gasteiger partial charge in [-0.2, -0.15) is 13.2 Å². The number of hydrogen-bond acceptors (Lipinski definition) is 4. The molecule has 2 fully saturated rings. The summed E-state index contributed by atoms with van der Waals surface area (Å²) in [6.07, 6.45) is 0.0430. The second kappa shape index (κ2) is 7.92. The molecule has 140 valence electrons. The fourth-order valence-corrected chi connectivity index (χ4v) is 3.06. The van der Waals surface area contributed by atoms with Crippen molar-refractivity contribution in [3.63, 3.8) is 0 Å². The molecule has 10 heteroatoms. The van der Waals surface area contributed by atoms with Gasteiger partial charge in [-0.05, 0) is 18.9 Å². The summed E-state index contributed by atoms with van der Waals surface area (Å²) in [5.41, 5.74) is 4.25. The van der Waals surface area contributed by atoms with Crippen molar-refractivity contribution in [2.45, 2.75) is 25.4 Å². The Morgan fingerprint density at radius 2 is 1.76 bits per heavy atom. The molecule has 0 amide bonds. The Morgan fingerprint density at radius 1 is 1.16 bits per heavy atom. The molecule has 0 unspecified atom stereocenters. The molecule has 0 spiro atoms. The molecule has 25 heavy (non-hydrogen) atoms. The minimum Gasteiger partial charge on any atom is -0.370 e. The molecule has 0 bridgehead atoms. The Hall–Kier alpha value is -1.33. The van der Waals surface area contributed by atoms with Crippen LogP contribution < -0.4 is 10.6 Å². The maximum atomic E-state index is 13.1. The fraction of sp³-hybridized carbons (Fsp3) is 0.667. The number of aliphatic imine (C=N–C) groups is 1. The lowest BCUT2D eigenvalue weighted by molar-refractivity contribution is -0.246. The summed E-state index contributed by atoms with van der Waals surface area (Å²) in [6.45, 7) is 2.22. The molecule has 1 saturated heterocycles. The van der Waals surface area contributed by atoms with Crippen LogP contribution in [0.25, 0.3) is 0 Å². The molecule has 2 aliphatic rings. The first-order valence-corrected chi connectivity index (χ1v) is 8.05. The van der Waals surface area contributed by atoms with Crippen LogP contribution in [0.5, 0.6) is 0 Å². The van der Waals surface area contributed by atoms with Gasteiger partial charge in [-0.3, -0.25) is 4.99 Å². The lowest BCUT2D eigenvalue weighted by atomic mass is 9.68. The fourth-order valence-electron chi connectivity index (χ4n) is 3.06. The van der Waals surface area contributed by atoms with Crippen molar-refractivity contribution in [2.24, 2.45) is 16.1 Å². The van der Waals surface area contributed by atoms with Crippen LogP contribution in [0.4, 0.5) is 19.1 Å². The van der Waals surface area contributed by atoms with E-state index >= 15 is 0 Å². The molecule has 3 rings (SSSR count). The topological polar surface area (TPSA) is 70.6 Å². The highest BCUT2D eigenvalue weighted by Gasteiger charge is 2.58. The number of alkyl halides is 3. The van der Waals surface area contributed by atoms with Gasteiger partial charge in [0.25, 0.3) is 0 Å². The van der Waals surface area contributed by atoms with Crippen molar-refractivity contribution in [1.82, 2.24) is 14.9 Å². The van der Waals surface area contributed by atoms with Crippen LogP contribution in [0, 0.1) is 5.41 Å². The normalized spacial score (nSPS) is 20.7. The van der Waals surface area contributed by atoms with Gasteiger partial charge in [-0.1, -0.05) is 6.42 Å². The van der Waals surface area contributed by atoms with Crippen LogP contribution in [-0.4, -0.2) is 59.7 Å². The highest BCUT2D eigenvalue weighted by Crippen LogP contribution is 2.53. The van der Waals surface area contributed by atoms with Crippen LogP contribution in [0.15, 0.2) is 23.5 Å². The molecule has 1 aliphatic carbocycles. The van der Waals surface area contributed by atoms with Crippen molar-refractivity contribution < 1.29 is 13.2 Å². The first-order chi connectivity index (χ1) is 11.4. The third-order valence-electron chi connectivity index (χ3n) is 4.89. The van der Waals surface area contributed by atoms with Crippen LogP contribution in [0.1, 0.15) is 19.3 Å². The van der Waals surface area contributed by atoms with Crippen LogP contribution in [-0.2, 0) is 0 Å². The Morgan fingerprint density at radius 3 is 2.24 bits per heavy atom. The summed E-state index contributed by atoms with van der Waals surface area (Å²) < 4.78 is 39.4. The van der Waals surface area contributed by atoms with Crippen molar-refractivity contribution in [1.29, 1.82) is 0 Å². The van der Waals surface area contributed by atoms with E-state index in [0.717, 1.165) is 0 Å². The Kier molecular flexibility index (Phi) is 6.33. The highest BCUT2D eigenvalue weighted by atomic mass is 127.